The predicted molar refractivity (Wildman–Crippen MR) is 113 cm³/mol. The molecule has 0 radical (unpaired) electrons. The maximum atomic E-state index is 12.6. The maximum Gasteiger partial charge on any atom is 0.257 e. The number of amides is 2. The Balaban J connectivity index is 1.80. The lowest BCUT2D eigenvalue weighted by molar-refractivity contribution is 0.101. The SMILES string of the molecule is COc1ccc(C(=O)Nc2cc(NC(=O)c3ccccc3Cl)ccc2OC)cc1. The quantitative estimate of drug-likeness (QED) is 0.608. The van der Waals surface area contributed by atoms with E-state index in [1.54, 1.807) is 73.8 Å². The van der Waals surface area contributed by atoms with Gasteiger partial charge in [0.25, 0.3) is 11.8 Å². The van der Waals surface area contributed by atoms with Crippen molar-refractivity contribution in [1.82, 2.24) is 0 Å². The highest BCUT2D eigenvalue weighted by Gasteiger charge is 2.14. The molecule has 2 amide bonds. The van der Waals surface area contributed by atoms with E-state index >= 15 is 0 Å². The summed E-state index contributed by atoms with van der Waals surface area (Å²) in [7, 11) is 3.06. The highest BCUT2D eigenvalue weighted by atomic mass is 35.5. The van der Waals surface area contributed by atoms with Crippen LogP contribution in [0.2, 0.25) is 5.02 Å². The number of nitrogens with one attached hydrogen (secondary N) is 2. The van der Waals surface area contributed by atoms with E-state index in [1.165, 1.54) is 7.11 Å². The van der Waals surface area contributed by atoms with Crippen LogP contribution in [-0.2, 0) is 0 Å². The molecule has 0 unspecified atom stereocenters. The standard InChI is InChI=1S/C22H19ClN2O4/c1-28-16-10-7-14(8-11-16)21(26)25-19-13-15(9-12-20(19)29-2)24-22(27)17-5-3-4-6-18(17)23/h3-13H,1-2H3,(H,24,27)(H,25,26). The lowest BCUT2D eigenvalue weighted by atomic mass is 10.1. The second-order valence-corrected chi connectivity index (χ2v) is 6.44. The van der Waals surface area contributed by atoms with Gasteiger partial charge in [-0.25, -0.2) is 0 Å². The summed E-state index contributed by atoms with van der Waals surface area (Å²) in [5.74, 6) is 0.444. The lowest BCUT2D eigenvalue weighted by Gasteiger charge is -2.13. The second-order valence-electron chi connectivity index (χ2n) is 6.03. The van der Waals surface area contributed by atoms with Gasteiger partial charge >= 0.3 is 0 Å². The van der Waals surface area contributed by atoms with Crippen molar-refractivity contribution in [3.8, 4) is 11.5 Å². The molecule has 0 aliphatic rings. The fraction of sp³-hybridized carbons (Fsp3) is 0.0909. The third-order valence-corrected chi connectivity index (χ3v) is 4.51. The van der Waals surface area contributed by atoms with Crippen molar-refractivity contribution in [3.63, 3.8) is 0 Å². The summed E-state index contributed by atoms with van der Waals surface area (Å²) >= 11 is 6.08. The van der Waals surface area contributed by atoms with E-state index in [0.717, 1.165) is 0 Å². The number of carbonyl (C=O) groups is 2. The molecule has 2 N–H and O–H groups in total. The third kappa shape index (κ3) is 4.86. The molecule has 3 aromatic rings. The molecule has 3 rings (SSSR count). The summed E-state index contributed by atoms with van der Waals surface area (Å²) < 4.78 is 10.4. The van der Waals surface area contributed by atoms with Crippen LogP contribution in [0.25, 0.3) is 0 Å². The Morgan fingerprint density at radius 1 is 0.828 bits per heavy atom. The van der Waals surface area contributed by atoms with Crippen LogP contribution in [-0.4, -0.2) is 26.0 Å². The van der Waals surface area contributed by atoms with Gasteiger partial charge in [-0.15, -0.1) is 0 Å². The molecule has 0 aliphatic carbocycles. The summed E-state index contributed by atoms with van der Waals surface area (Å²) in [6.45, 7) is 0. The van der Waals surface area contributed by atoms with E-state index in [2.05, 4.69) is 10.6 Å². The Hall–Kier alpha value is -3.51. The van der Waals surface area contributed by atoms with E-state index in [9.17, 15) is 9.59 Å². The smallest absolute Gasteiger partial charge is 0.257 e. The Kier molecular flexibility index (Phi) is 6.36. The molecule has 0 aliphatic heterocycles. The van der Waals surface area contributed by atoms with Crippen LogP contribution in [0.5, 0.6) is 11.5 Å². The summed E-state index contributed by atoms with van der Waals surface area (Å²) in [6, 6.07) is 18.4. The number of anilines is 2. The van der Waals surface area contributed by atoms with E-state index in [-0.39, 0.29) is 11.8 Å². The molecule has 29 heavy (non-hydrogen) atoms. The first kappa shape index (κ1) is 20.2. The molecule has 3 aromatic carbocycles. The fourth-order valence-corrected chi connectivity index (χ4v) is 2.89. The number of halogens is 1. The molecule has 0 heterocycles. The van der Waals surface area contributed by atoms with Crippen LogP contribution in [0.4, 0.5) is 11.4 Å². The molecule has 7 heteroatoms. The molecule has 0 fully saturated rings. The topological polar surface area (TPSA) is 76.7 Å². The van der Waals surface area contributed by atoms with Gasteiger partial charge in [-0.05, 0) is 54.6 Å². The number of rotatable bonds is 6. The van der Waals surface area contributed by atoms with Crippen molar-refractivity contribution < 1.29 is 19.1 Å². The molecule has 0 bridgehead atoms. The summed E-state index contributed by atoms with van der Waals surface area (Å²) in [5.41, 5.74) is 1.72. The number of benzene rings is 3. The van der Waals surface area contributed by atoms with Crippen LogP contribution in [0.1, 0.15) is 20.7 Å². The van der Waals surface area contributed by atoms with Gasteiger partial charge in [0.05, 0.1) is 30.5 Å². The Bertz CT molecular complexity index is 1040. The first-order valence-corrected chi connectivity index (χ1v) is 9.09. The highest BCUT2D eigenvalue weighted by molar-refractivity contribution is 6.34. The zero-order valence-electron chi connectivity index (χ0n) is 15.9. The van der Waals surface area contributed by atoms with E-state index in [0.29, 0.717) is 39.0 Å². The van der Waals surface area contributed by atoms with Crippen molar-refractivity contribution in [3.05, 3.63) is 82.9 Å². The van der Waals surface area contributed by atoms with Crippen LogP contribution >= 0.6 is 11.6 Å². The van der Waals surface area contributed by atoms with Gasteiger partial charge in [-0.2, -0.15) is 0 Å². The van der Waals surface area contributed by atoms with Gasteiger partial charge < -0.3 is 20.1 Å². The number of hydrogen-bond acceptors (Lipinski definition) is 4. The van der Waals surface area contributed by atoms with E-state index in [1.807, 2.05) is 0 Å². The Morgan fingerprint density at radius 2 is 1.55 bits per heavy atom. The van der Waals surface area contributed by atoms with Gasteiger partial charge in [0.1, 0.15) is 11.5 Å². The Morgan fingerprint density at radius 3 is 2.21 bits per heavy atom. The van der Waals surface area contributed by atoms with E-state index in [4.69, 9.17) is 21.1 Å². The van der Waals surface area contributed by atoms with Gasteiger partial charge in [-0.3, -0.25) is 9.59 Å². The van der Waals surface area contributed by atoms with Gasteiger partial charge in [0.2, 0.25) is 0 Å². The first-order chi connectivity index (χ1) is 14.0. The highest BCUT2D eigenvalue weighted by Crippen LogP contribution is 2.29. The maximum absolute atomic E-state index is 12.6. The zero-order valence-corrected chi connectivity index (χ0v) is 16.6. The molecule has 0 atom stereocenters. The monoisotopic (exact) mass is 410 g/mol. The van der Waals surface area contributed by atoms with Crippen LogP contribution < -0.4 is 20.1 Å². The average Bonchev–Trinajstić information content (AvgIpc) is 2.74. The first-order valence-electron chi connectivity index (χ1n) is 8.71. The molecular weight excluding hydrogens is 392 g/mol. The largest absolute Gasteiger partial charge is 0.497 e. The predicted octanol–water partition coefficient (Wildman–Crippen LogP) is 4.86. The number of hydrogen-bond donors (Lipinski definition) is 2. The number of ether oxygens (including phenoxy) is 2. The minimum absolute atomic E-state index is 0.319. The van der Waals surface area contributed by atoms with Gasteiger partial charge in [0.15, 0.2) is 0 Å². The number of carbonyl (C=O) groups excluding carboxylic acids is 2. The van der Waals surface area contributed by atoms with Crippen molar-refractivity contribution in [2.75, 3.05) is 24.9 Å². The van der Waals surface area contributed by atoms with Crippen molar-refractivity contribution in [2.24, 2.45) is 0 Å². The molecule has 148 valence electrons. The molecule has 6 nitrogen and oxygen atoms in total. The average molecular weight is 411 g/mol. The normalized spacial score (nSPS) is 10.2. The summed E-state index contributed by atoms with van der Waals surface area (Å²) in [5, 5.41) is 5.92. The van der Waals surface area contributed by atoms with Gasteiger partial charge in [0, 0.05) is 11.3 Å². The minimum atomic E-state index is -0.354. The lowest BCUT2D eigenvalue weighted by Crippen LogP contribution is -2.15. The molecule has 0 saturated carbocycles. The molecule has 0 aromatic heterocycles. The minimum Gasteiger partial charge on any atom is -0.497 e. The molecule has 0 saturated heterocycles. The molecule has 0 spiro atoms. The van der Waals surface area contributed by atoms with Crippen LogP contribution in [0, 0.1) is 0 Å². The third-order valence-electron chi connectivity index (χ3n) is 4.18. The molecular formula is C22H19ClN2O4. The number of methoxy groups -OCH3 is 2. The fourth-order valence-electron chi connectivity index (χ4n) is 2.66. The van der Waals surface area contributed by atoms with Crippen molar-refractivity contribution in [1.29, 1.82) is 0 Å². The van der Waals surface area contributed by atoms with Crippen molar-refractivity contribution in [2.45, 2.75) is 0 Å². The van der Waals surface area contributed by atoms with Gasteiger partial charge in [-0.1, -0.05) is 23.7 Å². The van der Waals surface area contributed by atoms with Crippen LogP contribution in [0.3, 0.4) is 0 Å². The van der Waals surface area contributed by atoms with Crippen LogP contribution in [0.15, 0.2) is 66.7 Å². The summed E-state index contributed by atoms with van der Waals surface area (Å²) in [6.07, 6.45) is 0. The van der Waals surface area contributed by atoms with E-state index < -0.39 is 0 Å². The summed E-state index contributed by atoms with van der Waals surface area (Å²) in [4.78, 5) is 25.0. The zero-order chi connectivity index (χ0) is 20.8. The second kappa shape index (κ2) is 9.12. The Labute approximate surface area is 173 Å². The van der Waals surface area contributed by atoms with Crippen molar-refractivity contribution >= 4 is 34.8 Å².